The Morgan fingerprint density at radius 3 is 2.65 bits per heavy atom. The summed E-state index contributed by atoms with van der Waals surface area (Å²) in [5.41, 5.74) is 2.24. The van der Waals surface area contributed by atoms with Crippen LogP contribution in [0.15, 0.2) is 24.3 Å². The van der Waals surface area contributed by atoms with Gasteiger partial charge in [-0.25, -0.2) is 0 Å². The Morgan fingerprint density at radius 2 is 2.12 bits per heavy atom. The molecule has 0 amide bonds. The summed E-state index contributed by atoms with van der Waals surface area (Å²) < 4.78 is 4.81. The molecule has 0 aliphatic heterocycles. The van der Waals surface area contributed by atoms with Crippen LogP contribution in [0.1, 0.15) is 19.4 Å². The van der Waals surface area contributed by atoms with Crippen LogP contribution in [0.3, 0.4) is 0 Å². The number of benzene rings is 1. The fourth-order valence-corrected chi connectivity index (χ4v) is 1.73. The molecule has 1 N–H and O–H groups in total. The van der Waals surface area contributed by atoms with Crippen LogP contribution < -0.4 is 5.32 Å². The monoisotopic (exact) mass is 235 g/mol. The molecule has 94 valence electrons. The van der Waals surface area contributed by atoms with E-state index in [1.807, 2.05) is 39.0 Å². The Bertz CT molecular complexity index is 374. The molecule has 1 rings (SSSR count). The van der Waals surface area contributed by atoms with Gasteiger partial charge in [-0.05, 0) is 30.5 Å². The molecule has 1 atom stereocenters. The van der Waals surface area contributed by atoms with E-state index in [9.17, 15) is 4.79 Å². The number of carbonyl (C=O) groups excluding carboxylic acids is 1. The van der Waals surface area contributed by atoms with Gasteiger partial charge in [0.1, 0.15) is 0 Å². The molecule has 0 spiro atoms. The average Bonchev–Trinajstić information content (AvgIpc) is 2.28. The topological polar surface area (TPSA) is 38.3 Å². The quantitative estimate of drug-likeness (QED) is 0.797. The number of rotatable bonds is 5. The van der Waals surface area contributed by atoms with E-state index >= 15 is 0 Å². The molecule has 0 aliphatic rings. The molecule has 0 fully saturated rings. The zero-order chi connectivity index (χ0) is 12.8. The first-order chi connectivity index (χ1) is 8.04. The summed E-state index contributed by atoms with van der Waals surface area (Å²) >= 11 is 0. The summed E-state index contributed by atoms with van der Waals surface area (Å²) in [7, 11) is 1.43. The summed E-state index contributed by atoms with van der Waals surface area (Å²) in [6.07, 6.45) is 0. The fraction of sp³-hybridized carbons (Fsp3) is 0.500. The van der Waals surface area contributed by atoms with Gasteiger partial charge in [-0.1, -0.05) is 26.0 Å². The van der Waals surface area contributed by atoms with Crippen LogP contribution in [-0.4, -0.2) is 19.6 Å². The standard InChI is InChI=1S/C14H21NO2/c1-10(2)13(14(16)17-4)9-15-12-7-5-6-11(3)8-12/h5-8,10,13,15H,9H2,1-4H3. The summed E-state index contributed by atoms with van der Waals surface area (Å²) in [6, 6.07) is 8.11. The summed E-state index contributed by atoms with van der Waals surface area (Å²) in [5.74, 6) is 0.000393. The Morgan fingerprint density at radius 1 is 1.41 bits per heavy atom. The zero-order valence-electron chi connectivity index (χ0n) is 11.0. The number of nitrogens with one attached hydrogen (secondary N) is 1. The van der Waals surface area contributed by atoms with Crippen molar-refractivity contribution >= 4 is 11.7 Å². The zero-order valence-corrected chi connectivity index (χ0v) is 11.0. The number of anilines is 1. The van der Waals surface area contributed by atoms with Crippen LogP contribution in [0, 0.1) is 18.8 Å². The summed E-state index contributed by atoms with van der Waals surface area (Å²) in [6.45, 7) is 6.71. The smallest absolute Gasteiger partial charge is 0.310 e. The van der Waals surface area contributed by atoms with Gasteiger partial charge in [-0.3, -0.25) is 4.79 Å². The van der Waals surface area contributed by atoms with Gasteiger partial charge < -0.3 is 10.1 Å². The number of carbonyl (C=O) groups is 1. The molecule has 0 saturated heterocycles. The minimum atomic E-state index is -0.153. The van der Waals surface area contributed by atoms with E-state index in [2.05, 4.69) is 11.4 Å². The van der Waals surface area contributed by atoms with Gasteiger partial charge in [0, 0.05) is 12.2 Å². The van der Waals surface area contributed by atoms with Gasteiger partial charge in [0.05, 0.1) is 13.0 Å². The number of hydrogen-bond donors (Lipinski definition) is 1. The Kier molecular flexibility index (Phi) is 5.01. The molecule has 0 bridgehead atoms. The predicted molar refractivity (Wildman–Crippen MR) is 70.0 cm³/mol. The first kappa shape index (κ1) is 13.6. The molecule has 0 aliphatic carbocycles. The van der Waals surface area contributed by atoms with Crippen LogP contribution in [0.5, 0.6) is 0 Å². The average molecular weight is 235 g/mol. The molecule has 1 aromatic carbocycles. The molecule has 0 aromatic heterocycles. The lowest BCUT2D eigenvalue weighted by atomic mass is 9.96. The van der Waals surface area contributed by atoms with Crippen LogP contribution in [0.2, 0.25) is 0 Å². The number of methoxy groups -OCH3 is 1. The third kappa shape index (κ3) is 4.10. The van der Waals surface area contributed by atoms with Crippen molar-refractivity contribution < 1.29 is 9.53 Å². The second-order valence-corrected chi connectivity index (χ2v) is 4.62. The first-order valence-electron chi connectivity index (χ1n) is 5.93. The minimum Gasteiger partial charge on any atom is -0.469 e. The maximum absolute atomic E-state index is 11.6. The van der Waals surface area contributed by atoms with E-state index in [-0.39, 0.29) is 17.8 Å². The molecule has 3 heteroatoms. The largest absolute Gasteiger partial charge is 0.469 e. The maximum atomic E-state index is 11.6. The molecule has 17 heavy (non-hydrogen) atoms. The highest BCUT2D eigenvalue weighted by Gasteiger charge is 2.22. The van der Waals surface area contributed by atoms with Gasteiger partial charge in [-0.2, -0.15) is 0 Å². The van der Waals surface area contributed by atoms with E-state index in [4.69, 9.17) is 4.74 Å². The van der Waals surface area contributed by atoms with Crippen molar-refractivity contribution in [2.24, 2.45) is 11.8 Å². The molecule has 1 aromatic rings. The van der Waals surface area contributed by atoms with E-state index in [1.54, 1.807) is 0 Å². The molecular weight excluding hydrogens is 214 g/mol. The lowest BCUT2D eigenvalue weighted by Crippen LogP contribution is -2.28. The third-order valence-corrected chi connectivity index (χ3v) is 2.85. The van der Waals surface area contributed by atoms with Gasteiger partial charge in [0.2, 0.25) is 0 Å². The second-order valence-electron chi connectivity index (χ2n) is 4.62. The molecule has 0 saturated carbocycles. The lowest BCUT2D eigenvalue weighted by molar-refractivity contribution is -0.146. The highest BCUT2D eigenvalue weighted by molar-refractivity contribution is 5.73. The number of aryl methyl sites for hydroxylation is 1. The SMILES string of the molecule is COC(=O)C(CNc1cccc(C)c1)C(C)C. The van der Waals surface area contributed by atoms with Crippen molar-refractivity contribution in [1.82, 2.24) is 0 Å². The summed E-state index contributed by atoms with van der Waals surface area (Å²) in [4.78, 5) is 11.6. The molecule has 3 nitrogen and oxygen atoms in total. The Balaban J connectivity index is 2.61. The maximum Gasteiger partial charge on any atom is 0.310 e. The molecular formula is C14H21NO2. The van der Waals surface area contributed by atoms with Crippen LogP contribution in [-0.2, 0) is 9.53 Å². The van der Waals surface area contributed by atoms with Crippen molar-refractivity contribution in [3.63, 3.8) is 0 Å². The number of esters is 1. The van der Waals surface area contributed by atoms with Gasteiger partial charge in [0.15, 0.2) is 0 Å². The van der Waals surface area contributed by atoms with E-state index < -0.39 is 0 Å². The first-order valence-corrected chi connectivity index (χ1v) is 5.93. The third-order valence-electron chi connectivity index (χ3n) is 2.85. The van der Waals surface area contributed by atoms with Gasteiger partial charge >= 0.3 is 5.97 Å². The van der Waals surface area contributed by atoms with Crippen molar-refractivity contribution in [3.8, 4) is 0 Å². The highest BCUT2D eigenvalue weighted by Crippen LogP contribution is 2.15. The van der Waals surface area contributed by atoms with Crippen molar-refractivity contribution in [3.05, 3.63) is 29.8 Å². The fourth-order valence-electron chi connectivity index (χ4n) is 1.73. The van der Waals surface area contributed by atoms with E-state index in [0.717, 1.165) is 5.69 Å². The van der Waals surface area contributed by atoms with Crippen molar-refractivity contribution in [1.29, 1.82) is 0 Å². The lowest BCUT2D eigenvalue weighted by Gasteiger charge is -2.19. The van der Waals surface area contributed by atoms with Crippen LogP contribution >= 0.6 is 0 Å². The molecule has 0 radical (unpaired) electrons. The Labute approximate surface area is 103 Å². The second kappa shape index (κ2) is 6.28. The van der Waals surface area contributed by atoms with Crippen LogP contribution in [0.4, 0.5) is 5.69 Å². The van der Waals surface area contributed by atoms with Crippen molar-refractivity contribution in [2.75, 3.05) is 19.0 Å². The van der Waals surface area contributed by atoms with Gasteiger partial charge in [-0.15, -0.1) is 0 Å². The molecule has 0 heterocycles. The summed E-state index contributed by atoms with van der Waals surface area (Å²) in [5, 5.41) is 3.28. The number of hydrogen-bond acceptors (Lipinski definition) is 3. The highest BCUT2D eigenvalue weighted by atomic mass is 16.5. The van der Waals surface area contributed by atoms with Crippen molar-refractivity contribution in [2.45, 2.75) is 20.8 Å². The molecule has 1 unspecified atom stereocenters. The van der Waals surface area contributed by atoms with E-state index in [1.165, 1.54) is 12.7 Å². The predicted octanol–water partition coefficient (Wildman–Crippen LogP) is 2.85. The number of ether oxygens (including phenoxy) is 1. The van der Waals surface area contributed by atoms with Gasteiger partial charge in [0.25, 0.3) is 0 Å². The van der Waals surface area contributed by atoms with Crippen LogP contribution in [0.25, 0.3) is 0 Å². The normalized spacial score (nSPS) is 12.3. The Hall–Kier alpha value is -1.51. The van der Waals surface area contributed by atoms with E-state index in [0.29, 0.717) is 6.54 Å². The minimum absolute atomic E-state index is 0.111.